The van der Waals surface area contributed by atoms with Crippen LogP contribution in [-0.4, -0.2) is 6.08 Å². The average molecular weight is 211 g/mol. The molecule has 0 atom stereocenters. The Labute approximate surface area is 94.0 Å². The van der Waals surface area contributed by atoms with Crippen molar-refractivity contribution in [2.24, 2.45) is 17.3 Å². The number of isocyanates is 1. The third-order valence-corrected chi connectivity index (χ3v) is 4.03. The van der Waals surface area contributed by atoms with Gasteiger partial charge >= 0.3 is 0 Å². The zero-order chi connectivity index (χ0) is 11.9. The van der Waals surface area contributed by atoms with Crippen molar-refractivity contribution in [3.63, 3.8) is 0 Å². The van der Waals surface area contributed by atoms with Gasteiger partial charge in [-0.1, -0.05) is 34.1 Å². The Hall–Kier alpha value is -0.620. The molecule has 0 aliphatic heterocycles. The molecule has 0 aromatic carbocycles. The Balaban J connectivity index is 0.000000583. The van der Waals surface area contributed by atoms with Gasteiger partial charge in [-0.2, -0.15) is 0 Å². The third kappa shape index (κ3) is 5.13. The first-order valence-corrected chi connectivity index (χ1v) is 6.03. The summed E-state index contributed by atoms with van der Waals surface area (Å²) in [5.74, 6) is 1.93. The van der Waals surface area contributed by atoms with Crippen molar-refractivity contribution >= 4 is 6.08 Å². The monoisotopic (exact) mass is 211 g/mol. The summed E-state index contributed by atoms with van der Waals surface area (Å²) in [6.07, 6.45) is 8.00. The lowest BCUT2D eigenvalue weighted by atomic mass is 9.68. The molecule has 0 spiro atoms. The summed E-state index contributed by atoms with van der Waals surface area (Å²) >= 11 is 0. The second kappa shape index (κ2) is 6.79. The molecular weight excluding hydrogens is 186 g/mol. The maximum Gasteiger partial charge on any atom is 0.231 e. The van der Waals surface area contributed by atoms with Gasteiger partial charge in [-0.25, -0.2) is 10.2 Å². The SMILES string of the molecule is CCC1(C)CCC(C(C)C)CC1.N=C=O. The van der Waals surface area contributed by atoms with Crippen LogP contribution in [-0.2, 0) is 4.79 Å². The molecule has 0 aromatic rings. The van der Waals surface area contributed by atoms with Crippen molar-refractivity contribution in [2.75, 3.05) is 0 Å². The highest BCUT2D eigenvalue weighted by molar-refractivity contribution is 5.26. The molecule has 1 saturated carbocycles. The summed E-state index contributed by atoms with van der Waals surface area (Å²) in [5.41, 5.74) is 0.686. The number of hydrogen-bond donors (Lipinski definition) is 1. The van der Waals surface area contributed by atoms with Crippen LogP contribution in [0, 0.1) is 22.7 Å². The fourth-order valence-corrected chi connectivity index (χ4v) is 2.36. The molecule has 1 fully saturated rings. The van der Waals surface area contributed by atoms with Crippen LogP contribution >= 0.6 is 0 Å². The van der Waals surface area contributed by atoms with Crippen molar-refractivity contribution in [1.29, 1.82) is 5.41 Å². The van der Waals surface area contributed by atoms with Gasteiger partial charge in [0, 0.05) is 0 Å². The molecule has 0 saturated heterocycles. The maximum absolute atomic E-state index is 8.35. The van der Waals surface area contributed by atoms with E-state index in [2.05, 4.69) is 27.7 Å². The third-order valence-electron chi connectivity index (χ3n) is 4.03. The van der Waals surface area contributed by atoms with Crippen molar-refractivity contribution in [3.8, 4) is 0 Å². The second-order valence-electron chi connectivity index (χ2n) is 5.35. The molecule has 0 heterocycles. The zero-order valence-electron chi connectivity index (χ0n) is 10.6. The number of hydrogen-bond acceptors (Lipinski definition) is 2. The molecule has 0 amide bonds. The van der Waals surface area contributed by atoms with Crippen LogP contribution in [0.5, 0.6) is 0 Å². The molecule has 1 N–H and O–H groups in total. The number of rotatable bonds is 2. The summed E-state index contributed by atoms with van der Waals surface area (Å²) in [5, 5.41) is 5.40. The van der Waals surface area contributed by atoms with Crippen LogP contribution in [0.1, 0.15) is 59.8 Å². The summed E-state index contributed by atoms with van der Waals surface area (Å²) in [4.78, 5) is 8.35. The molecule has 15 heavy (non-hydrogen) atoms. The first-order valence-electron chi connectivity index (χ1n) is 6.03. The summed E-state index contributed by atoms with van der Waals surface area (Å²) in [7, 11) is 0. The first kappa shape index (κ1) is 14.4. The van der Waals surface area contributed by atoms with E-state index in [0.717, 1.165) is 17.9 Å². The average Bonchev–Trinajstić information content (AvgIpc) is 2.20. The van der Waals surface area contributed by atoms with E-state index >= 15 is 0 Å². The molecule has 0 unspecified atom stereocenters. The van der Waals surface area contributed by atoms with Crippen LogP contribution in [0.4, 0.5) is 0 Å². The fraction of sp³-hybridized carbons (Fsp3) is 0.923. The highest BCUT2D eigenvalue weighted by Gasteiger charge is 2.30. The topological polar surface area (TPSA) is 40.9 Å². The van der Waals surface area contributed by atoms with E-state index in [1.54, 1.807) is 0 Å². The minimum Gasteiger partial charge on any atom is -0.222 e. The predicted octanol–water partition coefficient (Wildman–Crippen LogP) is 4.15. The minimum absolute atomic E-state index is 0.686. The second-order valence-corrected chi connectivity index (χ2v) is 5.35. The molecule has 1 aliphatic carbocycles. The largest absolute Gasteiger partial charge is 0.231 e. The molecule has 0 bridgehead atoms. The normalized spacial score (nSPS) is 30.3. The molecular formula is C13H25NO. The smallest absolute Gasteiger partial charge is 0.222 e. The molecule has 0 radical (unpaired) electrons. The van der Waals surface area contributed by atoms with Gasteiger partial charge in [0.25, 0.3) is 0 Å². The van der Waals surface area contributed by atoms with Gasteiger partial charge in [0.1, 0.15) is 0 Å². The Morgan fingerprint density at radius 2 is 1.80 bits per heavy atom. The Bertz CT molecular complexity index is 197. The van der Waals surface area contributed by atoms with E-state index < -0.39 is 0 Å². The number of nitrogens with one attached hydrogen (secondary N) is 1. The van der Waals surface area contributed by atoms with Crippen LogP contribution in [0.2, 0.25) is 0 Å². The molecule has 1 aliphatic rings. The first-order chi connectivity index (χ1) is 6.99. The molecule has 1 rings (SSSR count). The lowest BCUT2D eigenvalue weighted by Crippen LogP contribution is -2.25. The van der Waals surface area contributed by atoms with Gasteiger partial charge in [0.2, 0.25) is 6.08 Å². The summed E-state index contributed by atoms with van der Waals surface area (Å²) in [6, 6.07) is 0. The molecule has 0 aromatic heterocycles. The highest BCUT2D eigenvalue weighted by Crippen LogP contribution is 2.42. The van der Waals surface area contributed by atoms with Gasteiger partial charge in [-0.3, -0.25) is 0 Å². The van der Waals surface area contributed by atoms with Crippen molar-refractivity contribution in [2.45, 2.75) is 59.8 Å². The maximum atomic E-state index is 8.35. The van der Waals surface area contributed by atoms with E-state index in [-0.39, 0.29) is 0 Å². The molecule has 2 heteroatoms. The fourth-order valence-electron chi connectivity index (χ4n) is 2.36. The Kier molecular flexibility index (Phi) is 6.51. The van der Waals surface area contributed by atoms with Crippen LogP contribution in [0.25, 0.3) is 0 Å². The van der Waals surface area contributed by atoms with E-state index in [1.807, 2.05) is 0 Å². The summed E-state index contributed by atoms with van der Waals surface area (Å²) in [6.45, 7) is 9.55. The van der Waals surface area contributed by atoms with E-state index in [0.29, 0.717) is 5.41 Å². The minimum atomic E-state index is 0.686. The lowest BCUT2D eigenvalue weighted by molar-refractivity contribution is 0.139. The molecule has 88 valence electrons. The van der Waals surface area contributed by atoms with Gasteiger partial charge in [0.05, 0.1) is 0 Å². The standard InChI is InChI=1S/C12H24.CHNO/c1-5-12(4)8-6-11(7-9-12)10(2)3;2-1-3/h10-11H,5-9H2,1-4H3;2H. The van der Waals surface area contributed by atoms with Gasteiger partial charge in [0.15, 0.2) is 0 Å². The Morgan fingerprint density at radius 3 is 2.07 bits per heavy atom. The van der Waals surface area contributed by atoms with Crippen molar-refractivity contribution in [3.05, 3.63) is 0 Å². The van der Waals surface area contributed by atoms with Crippen LogP contribution < -0.4 is 0 Å². The van der Waals surface area contributed by atoms with E-state index in [9.17, 15) is 0 Å². The van der Waals surface area contributed by atoms with Crippen molar-refractivity contribution in [1.82, 2.24) is 0 Å². The predicted molar refractivity (Wildman–Crippen MR) is 63.6 cm³/mol. The molecule has 2 nitrogen and oxygen atoms in total. The number of carbonyl (C=O) groups excluding carboxylic acids is 1. The summed E-state index contributed by atoms with van der Waals surface area (Å²) < 4.78 is 0. The lowest BCUT2D eigenvalue weighted by Gasteiger charge is -2.38. The van der Waals surface area contributed by atoms with Crippen LogP contribution in [0.15, 0.2) is 0 Å². The quantitative estimate of drug-likeness (QED) is 0.541. The van der Waals surface area contributed by atoms with E-state index in [4.69, 9.17) is 10.2 Å². The Morgan fingerprint density at radius 1 is 1.40 bits per heavy atom. The zero-order valence-corrected chi connectivity index (χ0v) is 10.6. The van der Waals surface area contributed by atoms with Gasteiger partial charge in [-0.15, -0.1) is 0 Å². The van der Waals surface area contributed by atoms with E-state index in [1.165, 1.54) is 32.1 Å². The highest BCUT2D eigenvalue weighted by atomic mass is 16.1. The van der Waals surface area contributed by atoms with Gasteiger partial charge in [-0.05, 0) is 42.9 Å². The van der Waals surface area contributed by atoms with Crippen LogP contribution in [0.3, 0.4) is 0 Å². The van der Waals surface area contributed by atoms with Gasteiger partial charge < -0.3 is 0 Å². The van der Waals surface area contributed by atoms with Crippen molar-refractivity contribution < 1.29 is 4.79 Å².